The van der Waals surface area contributed by atoms with E-state index in [9.17, 15) is 9.59 Å². The summed E-state index contributed by atoms with van der Waals surface area (Å²) in [4.78, 5) is 22.1. The third-order valence-corrected chi connectivity index (χ3v) is 1.98. The zero-order valence-corrected chi connectivity index (χ0v) is 8.95. The van der Waals surface area contributed by atoms with Gasteiger partial charge in [0.2, 0.25) is 0 Å². The van der Waals surface area contributed by atoms with Crippen LogP contribution in [-0.4, -0.2) is 18.7 Å². The Morgan fingerprint density at radius 2 is 2.07 bits per heavy atom. The smallest absolute Gasteiger partial charge is 0.144 e. The summed E-state index contributed by atoms with van der Waals surface area (Å²) in [6.45, 7) is 1.42. The summed E-state index contributed by atoms with van der Waals surface area (Å²) in [6, 6.07) is 7.30. The minimum Gasteiger partial charge on any atom is -0.497 e. The molecule has 3 heteroatoms. The summed E-state index contributed by atoms with van der Waals surface area (Å²) in [5.74, 6) is 0.571. The molecule has 0 spiro atoms. The second-order valence-corrected chi connectivity index (χ2v) is 3.45. The van der Waals surface area contributed by atoms with Gasteiger partial charge in [0.1, 0.15) is 17.3 Å². The lowest BCUT2D eigenvalue weighted by Gasteiger charge is -2.03. The number of carbonyl (C=O) groups is 2. The summed E-state index contributed by atoms with van der Waals surface area (Å²) < 4.78 is 5.04. The van der Waals surface area contributed by atoms with Crippen LogP contribution in [0.2, 0.25) is 0 Å². The Morgan fingerprint density at radius 3 is 2.67 bits per heavy atom. The predicted octanol–water partition coefficient (Wildman–Crippen LogP) is 1.79. The maximum absolute atomic E-state index is 11.4. The average Bonchev–Trinajstić information content (AvgIpc) is 2.16. The molecule has 0 radical (unpaired) electrons. The molecule has 0 N–H and O–H groups in total. The fraction of sp³-hybridized carbons (Fsp3) is 0.333. The van der Waals surface area contributed by atoms with Crippen molar-refractivity contribution in [2.75, 3.05) is 7.11 Å². The number of methoxy groups -OCH3 is 1. The maximum atomic E-state index is 11.4. The van der Waals surface area contributed by atoms with Gasteiger partial charge in [-0.1, -0.05) is 12.1 Å². The standard InChI is InChI=1S/C12H14O3/c1-9(13)6-11(14)7-10-4-3-5-12(8-10)15-2/h3-5,8H,6-7H2,1-2H3. The van der Waals surface area contributed by atoms with Crippen molar-refractivity contribution in [3.05, 3.63) is 29.8 Å². The van der Waals surface area contributed by atoms with Gasteiger partial charge >= 0.3 is 0 Å². The molecule has 15 heavy (non-hydrogen) atoms. The Bertz CT molecular complexity index is 369. The van der Waals surface area contributed by atoms with E-state index >= 15 is 0 Å². The van der Waals surface area contributed by atoms with Gasteiger partial charge in [-0.2, -0.15) is 0 Å². The van der Waals surface area contributed by atoms with Crippen LogP contribution < -0.4 is 4.74 Å². The first-order valence-electron chi connectivity index (χ1n) is 4.76. The van der Waals surface area contributed by atoms with Crippen LogP contribution in [0.5, 0.6) is 5.75 Å². The van der Waals surface area contributed by atoms with E-state index < -0.39 is 0 Å². The van der Waals surface area contributed by atoms with Crippen LogP contribution in [0, 0.1) is 0 Å². The van der Waals surface area contributed by atoms with Gasteiger partial charge in [0.25, 0.3) is 0 Å². The fourth-order valence-electron chi connectivity index (χ4n) is 1.35. The van der Waals surface area contributed by atoms with Crippen LogP contribution in [-0.2, 0) is 16.0 Å². The minimum absolute atomic E-state index is 0.0111. The molecule has 0 aliphatic carbocycles. The van der Waals surface area contributed by atoms with Gasteiger partial charge in [0.15, 0.2) is 0 Å². The Balaban J connectivity index is 2.63. The molecule has 0 aliphatic heterocycles. The molecule has 3 nitrogen and oxygen atoms in total. The first-order valence-corrected chi connectivity index (χ1v) is 4.76. The van der Waals surface area contributed by atoms with E-state index in [0.29, 0.717) is 0 Å². The highest BCUT2D eigenvalue weighted by Crippen LogP contribution is 2.13. The van der Waals surface area contributed by atoms with Gasteiger partial charge < -0.3 is 4.74 Å². The zero-order valence-electron chi connectivity index (χ0n) is 8.95. The van der Waals surface area contributed by atoms with Gasteiger partial charge in [0.05, 0.1) is 13.5 Å². The SMILES string of the molecule is COc1cccc(CC(=O)CC(C)=O)c1. The molecule has 0 aliphatic rings. The molecule has 80 valence electrons. The predicted molar refractivity (Wildman–Crippen MR) is 57.0 cm³/mol. The molecule has 0 saturated heterocycles. The van der Waals surface area contributed by atoms with Crippen LogP contribution in [0.3, 0.4) is 0 Å². The van der Waals surface area contributed by atoms with Crippen molar-refractivity contribution in [2.24, 2.45) is 0 Å². The molecule has 0 saturated carbocycles. The topological polar surface area (TPSA) is 43.4 Å². The Morgan fingerprint density at radius 1 is 1.33 bits per heavy atom. The number of carbonyl (C=O) groups excluding carboxylic acids is 2. The molecule has 0 aromatic heterocycles. The summed E-state index contributed by atoms with van der Waals surface area (Å²) in [5.41, 5.74) is 0.876. The monoisotopic (exact) mass is 206 g/mol. The van der Waals surface area contributed by atoms with Crippen LogP contribution in [0.4, 0.5) is 0 Å². The van der Waals surface area contributed by atoms with E-state index in [1.807, 2.05) is 18.2 Å². The number of ketones is 2. The van der Waals surface area contributed by atoms with E-state index in [2.05, 4.69) is 0 Å². The van der Waals surface area contributed by atoms with Gasteiger partial charge in [-0.15, -0.1) is 0 Å². The van der Waals surface area contributed by atoms with Gasteiger partial charge in [0, 0.05) is 6.42 Å². The number of Topliss-reactive ketones (excluding diaryl/α,β-unsaturated/α-hetero) is 2. The molecular weight excluding hydrogens is 192 g/mol. The summed E-state index contributed by atoms with van der Waals surface area (Å²) in [7, 11) is 1.58. The van der Waals surface area contributed by atoms with Crippen molar-refractivity contribution < 1.29 is 14.3 Å². The number of benzene rings is 1. The first kappa shape index (κ1) is 11.4. The summed E-state index contributed by atoms with van der Waals surface area (Å²) in [5, 5.41) is 0. The summed E-state index contributed by atoms with van der Waals surface area (Å²) in [6.07, 6.45) is 0.300. The lowest BCUT2D eigenvalue weighted by atomic mass is 10.1. The molecule has 1 aromatic carbocycles. The molecule has 1 rings (SSSR count). The second kappa shape index (κ2) is 5.29. The third kappa shape index (κ3) is 3.94. The Labute approximate surface area is 89.1 Å². The van der Waals surface area contributed by atoms with Crippen molar-refractivity contribution >= 4 is 11.6 Å². The van der Waals surface area contributed by atoms with Crippen LogP contribution in [0.1, 0.15) is 18.9 Å². The Hall–Kier alpha value is -1.64. The molecule has 0 unspecified atom stereocenters. The summed E-state index contributed by atoms with van der Waals surface area (Å²) >= 11 is 0. The van der Waals surface area contributed by atoms with Crippen molar-refractivity contribution in [1.29, 1.82) is 0 Å². The van der Waals surface area contributed by atoms with E-state index in [-0.39, 0.29) is 24.4 Å². The molecule has 0 amide bonds. The van der Waals surface area contributed by atoms with Gasteiger partial charge in [-0.25, -0.2) is 0 Å². The highest BCUT2D eigenvalue weighted by atomic mass is 16.5. The van der Waals surface area contributed by atoms with E-state index in [0.717, 1.165) is 11.3 Å². The normalized spacial score (nSPS) is 9.73. The average molecular weight is 206 g/mol. The number of hydrogen-bond acceptors (Lipinski definition) is 3. The fourth-order valence-corrected chi connectivity index (χ4v) is 1.35. The van der Waals surface area contributed by atoms with Crippen LogP contribution in [0.15, 0.2) is 24.3 Å². The molecule has 0 bridgehead atoms. The third-order valence-electron chi connectivity index (χ3n) is 1.98. The largest absolute Gasteiger partial charge is 0.497 e. The minimum atomic E-state index is -0.0945. The van der Waals surface area contributed by atoms with E-state index in [1.54, 1.807) is 13.2 Å². The maximum Gasteiger partial charge on any atom is 0.144 e. The van der Waals surface area contributed by atoms with E-state index in [4.69, 9.17) is 4.74 Å². The van der Waals surface area contributed by atoms with Gasteiger partial charge in [-0.3, -0.25) is 9.59 Å². The highest BCUT2D eigenvalue weighted by Gasteiger charge is 2.06. The van der Waals surface area contributed by atoms with Crippen molar-refractivity contribution in [3.63, 3.8) is 0 Å². The quantitative estimate of drug-likeness (QED) is 0.690. The first-order chi connectivity index (χ1) is 7.11. The van der Waals surface area contributed by atoms with E-state index in [1.165, 1.54) is 6.92 Å². The second-order valence-electron chi connectivity index (χ2n) is 3.45. The number of hydrogen-bond donors (Lipinski definition) is 0. The highest BCUT2D eigenvalue weighted by molar-refractivity contribution is 5.98. The zero-order chi connectivity index (χ0) is 11.3. The van der Waals surface area contributed by atoms with Crippen molar-refractivity contribution in [2.45, 2.75) is 19.8 Å². The van der Waals surface area contributed by atoms with Crippen molar-refractivity contribution in [3.8, 4) is 5.75 Å². The molecule has 0 atom stereocenters. The molecule has 1 aromatic rings. The van der Waals surface area contributed by atoms with Crippen LogP contribution >= 0.6 is 0 Å². The number of rotatable bonds is 5. The van der Waals surface area contributed by atoms with Crippen LogP contribution in [0.25, 0.3) is 0 Å². The molecule has 0 heterocycles. The lowest BCUT2D eigenvalue weighted by Crippen LogP contribution is -2.07. The lowest BCUT2D eigenvalue weighted by molar-refractivity contribution is -0.125. The Kier molecular flexibility index (Phi) is 4.03. The molecular formula is C12H14O3. The molecule has 0 fully saturated rings. The number of ether oxygens (including phenoxy) is 1. The van der Waals surface area contributed by atoms with Gasteiger partial charge in [-0.05, 0) is 24.6 Å². The van der Waals surface area contributed by atoms with Crippen molar-refractivity contribution in [1.82, 2.24) is 0 Å².